The number of anilines is 1. The van der Waals surface area contributed by atoms with Gasteiger partial charge in [-0.15, -0.1) is 0 Å². The molecule has 0 spiro atoms. The first-order valence-corrected chi connectivity index (χ1v) is 7.95. The molecule has 1 saturated heterocycles. The standard InChI is InChI=1S/C18H17NO4/c1-2-23-18(22)12-4-3-5-13(9-12)19-16(20)14-10-6-7-11(8-10)15(14)17(19)21/h3-7,9-11,14-15H,2,8H2,1H3/t10-,11-,14-,15+/m0/s1. The van der Waals surface area contributed by atoms with E-state index in [0.717, 1.165) is 6.42 Å². The predicted molar refractivity (Wildman–Crippen MR) is 82.6 cm³/mol. The quantitative estimate of drug-likeness (QED) is 0.487. The molecular weight excluding hydrogens is 294 g/mol. The summed E-state index contributed by atoms with van der Waals surface area (Å²) in [6, 6.07) is 6.54. The van der Waals surface area contributed by atoms with Crippen LogP contribution >= 0.6 is 0 Å². The van der Waals surface area contributed by atoms with Gasteiger partial charge in [0.05, 0.1) is 29.7 Å². The molecule has 0 aromatic heterocycles. The van der Waals surface area contributed by atoms with Gasteiger partial charge in [-0.3, -0.25) is 9.59 Å². The van der Waals surface area contributed by atoms with Gasteiger partial charge in [0, 0.05) is 0 Å². The highest BCUT2D eigenvalue weighted by molar-refractivity contribution is 6.23. The first-order chi connectivity index (χ1) is 11.1. The van der Waals surface area contributed by atoms with Gasteiger partial charge in [0.25, 0.3) is 0 Å². The van der Waals surface area contributed by atoms with Crippen LogP contribution in [0, 0.1) is 23.7 Å². The Morgan fingerprint density at radius 3 is 2.43 bits per heavy atom. The Labute approximate surface area is 133 Å². The molecule has 4 rings (SSSR count). The number of carbonyl (C=O) groups is 3. The smallest absolute Gasteiger partial charge is 0.338 e. The number of allylic oxidation sites excluding steroid dienone is 2. The first-order valence-electron chi connectivity index (χ1n) is 7.95. The molecule has 1 aromatic rings. The van der Waals surface area contributed by atoms with Crippen molar-refractivity contribution in [1.82, 2.24) is 0 Å². The van der Waals surface area contributed by atoms with Crippen LogP contribution in [0.1, 0.15) is 23.7 Å². The molecule has 118 valence electrons. The molecule has 0 unspecified atom stereocenters. The fourth-order valence-electron chi connectivity index (χ4n) is 4.14. The second-order valence-electron chi connectivity index (χ2n) is 6.28. The van der Waals surface area contributed by atoms with Gasteiger partial charge in [-0.05, 0) is 43.4 Å². The van der Waals surface area contributed by atoms with Gasteiger partial charge in [-0.25, -0.2) is 9.69 Å². The van der Waals surface area contributed by atoms with Crippen molar-refractivity contribution < 1.29 is 19.1 Å². The van der Waals surface area contributed by atoms with E-state index in [9.17, 15) is 14.4 Å². The lowest BCUT2D eigenvalue weighted by molar-refractivity contribution is -0.123. The number of nitrogens with zero attached hydrogens (tertiary/aromatic N) is 1. The van der Waals surface area contributed by atoms with Crippen LogP contribution in [0.2, 0.25) is 0 Å². The van der Waals surface area contributed by atoms with Crippen LogP contribution in [0.3, 0.4) is 0 Å². The highest BCUT2D eigenvalue weighted by Gasteiger charge is 2.59. The van der Waals surface area contributed by atoms with E-state index in [2.05, 4.69) is 12.2 Å². The topological polar surface area (TPSA) is 63.7 Å². The highest BCUT2D eigenvalue weighted by atomic mass is 16.5. The third-order valence-electron chi connectivity index (χ3n) is 5.09. The molecule has 0 radical (unpaired) electrons. The third-order valence-corrected chi connectivity index (χ3v) is 5.09. The van der Waals surface area contributed by atoms with Crippen molar-refractivity contribution in [2.45, 2.75) is 13.3 Å². The van der Waals surface area contributed by atoms with Crippen LogP contribution in [0.25, 0.3) is 0 Å². The summed E-state index contributed by atoms with van der Waals surface area (Å²) in [7, 11) is 0. The monoisotopic (exact) mass is 311 g/mol. The Kier molecular flexibility index (Phi) is 3.11. The summed E-state index contributed by atoms with van der Waals surface area (Å²) in [4.78, 5) is 38.6. The number of hydrogen-bond donors (Lipinski definition) is 0. The Balaban J connectivity index is 1.67. The minimum atomic E-state index is -0.449. The maximum atomic E-state index is 12.7. The zero-order chi connectivity index (χ0) is 16.1. The first kappa shape index (κ1) is 14.2. The van der Waals surface area contributed by atoms with Crippen molar-refractivity contribution in [2.75, 3.05) is 11.5 Å². The van der Waals surface area contributed by atoms with Crippen molar-refractivity contribution in [3.05, 3.63) is 42.0 Å². The summed E-state index contributed by atoms with van der Waals surface area (Å²) < 4.78 is 4.98. The Morgan fingerprint density at radius 1 is 1.17 bits per heavy atom. The number of benzene rings is 1. The van der Waals surface area contributed by atoms with E-state index >= 15 is 0 Å². The van der Waals surface area contributed by atoms with Crippen LogP contribution in [0.4, 0.5) is 5.69 Å². The van der Waals surface area contributed by atoms with E-state index < -0.39 is 5.97 Å². The summed E-state index contributed by atoms with van der Waals surface area (Å²) in [6.45, 7) is 2.02. The second-order valence-corrected chi connectivity index (χ2v) is 6.28. The Morgan fingerprint density at radius 2 is 1.83 bits per heavy atom. The average molecular weight is 311 g/mol. The number of hydrogen-bond acceptors (Lipinski definition) is 4. The number of fused-ring (bicyclic) bond motifs is 5. The Hall–Kier alpha value is -2.43. The molecule has 2 aliphatic carbocycles. The molecule has 5 nitrogen and oxygen atoms in total. The average Bonchev–Trinajstić information content (AvgIpc) is 3.22. The lowest BCUT2D eigenvalue weighted by Gasteiger charge is -2.17. The summed E-state index contributed by atoms with van der Waals surface area (Å²) in [6.07, 6.45) is 5.04. The molecule has 23 heavy (non-hydrogen) atoms. The van der Waals surface area contributed by atoms with Gasteiger partial charge in [0.2, 0.25) is 11.8 Å². The highest BCUT2D eigenvalue weighted by Crippen LogP contribution is 2.53. The van der Waals surface area contributed by atoms with Crippen molar-refractivity contribution >= 4 is 23.5 Å². The van der Waals surface area contributed by atoms with E-state index in [-0.39, 0.29) is 42.1 Å². The third kappa shape index (κ3) is 1.96. The predicted octanol–water partition coefficient (Wildman–Crippen LogP) is 2.17. The van der Waals surface area contributed by atoms with Crippen molar-refractivity contribution in [3.63, 3.8) is 0 Å². The van der Waals surface area contributed by atoms with Crippen molar-refractivity contribution in [1.29, 1.82) is 0 Å². The minimum absolute atomic E-state index is 0.141. The number of esters is 1. The van der Waals surface area contributed by atoms with E-state index in [1.807, 2.05) is 0 Å². The van der Waals surface area contributed by atoms with Gasteiger partial charge in [-0.1, -0.05) is 18.2 Å². The molecule has 1 heterocycles. The summed E-state index contributed by atoms with van der Waals surface area (Å²) in [5.74, 6) is -0.835. The molecule has 1 saturated carbocycles. The fourth-order valence-corrected chi connectivity index (χ4v) is 4.14. The lowest BCUT2D eigenvalue weighted by atomic mass is 9.85. The number of amides is 2. The summed E-state index contributed by atoms with van der Waals surface area (Å²) in [5.41, 5.74) is 0.808. The lowest BCUT2D eigenvalue weighted by Crippen LogP contribution is -2.33. The minimum Gasteiger partial charge on any atom is -0.462 e. The summed E-state index contributed by atoms with van der Waals surface area (Å²) in [5, 5.41) is 0. The van der Waals surface area contributed by atoms with Crippen molar-refractivity contribution in [2.24, 2.45) is 23.7 Å². The number of imide groups is 1. The van der Waals surface area contributed by atoms with Crippen LogP contribution in [-0.2, 0) is 14.3 Å². The van der Waals surface area contributed by atoms with Gasteiger partial charge >= 0.3 is 5.97 Å². The molecule has 5 heteroatoms. The van der Waals surface area contributed by atoms with Crippen LogP contribution in [0.5, 0.6) is 0 Å². The second kappa shape index (κ2) is 5.05. The normalized spacial score (nSPS) is 30.9. The van der Waals surface area contributed by atoms with E-state index in [1.165, 1.54) is 4.90 Å². The fraction of sp³-hybridized carbons (Fsp3) is 0.389. The SMILES string of the molecule is CCOC(=O)c1cccc(N2C(=O)[C@@H]3[C@H](C2=O)[C@H]2C=C[C@H]3C2)c1. The molecule has 3 aliphatic rings. The van der Waals surface area contributed by atoms with Crippen LogP contribution < -0.4 is 4.90 Å². The molecule has 4 atom stereocenters. The number of carbonyl (C=O) groups excluding carboxylic acids is 3. The summed E-state index contributed by atoms with van der Waals surface area (Å²) >= 11 is 0. The zero-order valence-electron chi connectivity index (χ0n) is 12.8. The van der Waals surface area contributed by atoms with E-state index in [1.54, 1.807) is 31.2 Å². The Bertz CT molecular complexity index is 708. The molecule has 1 aromatic carbocycles. The largest absolute Gasteiger partial charge is 0.462 e. The van der Waals surface area contributed by atoms with E-state index in [0.29, 0.717) is 11.3 Å². The number of rotatable bonds is 3. The molecule has 1 aliphatic heterocycles. The van der Waals surface area contributed by atoms with Crippen LogP contribution in [-0.4, -0.2) is 24.4 Å². The molecule has 2 bridgehead atoms. The maximum Gasteiger partial charge on any atom is 0.338 e. The van der Waals surface area contributed by atoms with Crippen LogP contribution in [0.15, 0.2) is 36.4 Å². The van der Waals surface area contributed by atoms with Gasteiger partial charge in [-0.2, -0.15) is 0 Å². The zero-order valence-corrected chi connectivity index (χ0v) is 12.8. The molecule has 0 N–H and O–H groups in total. The van der Waals surface area contributed by atoms with Gasteiger partial charge in [0.15, 0.2) is 0 Å². The number of ether oxygens (including phenoxy) is 1. The molecule has 2 fully saturated rings. The van der Waals surface area contributed by atoms with Gasteiger partial charge in [0.1, 0.15) is 0 Å². The maximum absolute atomic E-state index is 12.7. The molecular formula is C18H17NO4. The molecule has 2 amide bonds. The van der Waals surface area contributed by atoms with Crippen molar-refractivity contribution in [3.8, 4) is 0 Å². The van der Waals surface area contributed by atoms with Gasteiger partial charge < -0.3 is 4.74 Å². The van der Waals surface area contributed by atoms with E-state index in [4.69, 9.17) is 4.74 Å².